The van der Waals surface area contributed by atoms with Crippen molar-refractivity contribution in [3.05, 3.63) is 34.4 Å². The summed E-state index contributed by atoms with van der Waals surface area (Å²) in [5.41, 5.74) is 0.495. The van der Waals surface area contributed by atoms with E-state index in [0.717, 1.165) is 13.0 Å². The van der Waals surface area contributed by atoms with Crippen LogP contribution in [0.15, 0.2) is 24.3 Å². The molecule has 1 rings (SSSR count). The Morgan fingerprint density at radius 2 is 2.00 bits per heavy atom. The fraction of sp³-hybridized carbons (Fsp3) is 0.462. The SMILES string of the molecule is CNCCCC(=O)NCCNc1ccccc1[N+](=O)[O-]. The highest BCUT2D eigenvalue weighted by molar-refractivity contribution is 5.75. The number of carbonyl (C=O) groups is 1. The molecule has 0 aliphatic rings. The minimum Gasteiger partial charge on any atom is -0.378 e. The first kappa shape index (κ1) is 15.9. The van der Waals surface area contributed by atoms with Gasteiger partial charge in [0.1, 0.15) is 5.69 Å². The number of nitro groups is 1. The van der Waals surface area contributed by atoms with Crippen LogP contribution in [0.1, 0.15) is 12.8 Å². The summed E-state index contributed by atoms with van der Waals surface area (Å²) in [7, 11) is 1.84. The topological polar surface area (TPSA) is 96.3 Å². The Bertz CT molecular complexity index is 451. The van der Waals surface area contributed by atoms with E-state index in [0.29, 0.717) is 25.2 Å². The first-order valence-corrected chi connectivity index (χ1v) is 6.53. The highest BCUT2D eigenvalue weighted by atomic mass is 16.6. The zero-order chi connectivity index (χ0) is 14.8. The number of nitro benzene ring substituents is 1. The summed E-state index contributed by atoms with van der Waals surface area (Å²) in [6.07, 6.45) is 1.27. The number of anilines is 1. The molecule has 110 valence electrons. The number of rotatable bonds is 9. The maximum Gasteiger partial charge on any atom is 0.292 e. The average molecular weight is 280 g/mol. The Morgan fingerprint density at radius 1 is 1.25 bits per heavy atom. The van der Waals surface area contributed by atoms with Gasteiger partial charge in [-0.1, -0.05) is 12.1 Å². The molecule has 0 radical (unpaired) electrons. The molecule has 1 amide bonds. The molecular weight excluding hydrogens is 260 g/mol. The van der Waals surface area contributed by atoms with Crippen molar-refractivity contribution in [3.8, 4) is 0 Å². The molecule has 7 nitrogen and oxygen atoms in total. The average Bonchev–Trinajstić information content (AvgIpc) is 2.44. The monoisotopic (exact) mass is 280 g/mol. The van der Waals surface area contributed by atoms with Gasteiger partial charge >= 0.3 is 0 Å². The van der Waals surface area contributed by atoms with Crippen LogP contribution in [0, 0.1) is 10.1 Å². The van der Waals surface area contributed by atoms with Gasteiger partial charge in [0.2, 0.25) is 5.91 Å². The molecule has 0 aromatic heterocycles. The Labute approximate surface area is 117 Å². The predicted molar refractivity (Wildman–Crippen MR) is 77.8 cm³/mol. The summed E-state index contributed by atoms with van der Waals surface area (Å²) in [4.78, 5) is 21.8. The molecule has 0 saturated carbocycles. The van der Waals surface area contributed by atoms with Gasteiger partial charge < -0.3 is 16.0 Å². The molecule has 1 aromatic rings. The van der Waals surface area contributed by atoms with Crippen molar-refractivity contribution in [1.82, 2.24) is 10.6 Å². The lowest BCUT2D eigenvalue weighted by atomic mass is 10.2. The van der Waals surface area contributed by atoms with Crippen LogP contribution in [0.4, 0.5) is 11.4 Å². The first-order valence-electron chi connectivity index (χ1n) is 6.53. The van der Waals surface area contributed by atoms with Crippen LogP contribution in [0.5, 0.6) is 0 Å². The minimum absolute atomic E-state index is 0.00962. The van der Waals surface area contributed by atoms with E-state index in [-0.39, 0.29) is 11.6 Å². The fourth-order valence-corrected chi connectivity index (χ4v) is 1.70. The van der Waals surface area contributed by atoms with Crippen molar-refractivity contribution in [2.75, 3.05) is 32.0 Å². The van der Waals surface area contributed by atoms with Gasteiger partial charge in [-0.05, 0) is 26.1 Å². The Hall–Kier alpha value is -2.15. The Morgan fingerprint density at radius 3 is 2.70 bits per heavy atom. The maximum absolute atomic E-state index is 11.4. The number of hydrogen-bond acceptors (Lipinski definition) is 5. The van der Waals surface area contributed by atoms with Crippen molar-refractivity contribution >= 4 is 17.3 Å². The molecule has 0 unspecified atom stereocenters. The van der Waals surface area contributed by atoms with Crippen LogP contribution in [-0.4, -0.2) is 37.5 Å². The largest absolute Gasteiger partial charge is 0.378 e. The maximum atomic E-state index is 11.4. The van der Waals surface area contributed by atoms with Gasteiger partial charge in [-0.15, -0.1) is 0 Å². The highest BCUT2D eigenvalue weighted by Gasteiger charge is 2.11. The van der Waals surface area contributed by atoms with E-state index >= 15 is 0 Å². The molecule has 7 heteroatoms. The van der Waals surface area contributed by atoms with Crippen LogP contribution in [-0.2, 0) is 4.79 Å². The summed E-state index contributed by atoms with van der Waals surface area (Å²) < 4.78 is 0. The van der Waals surface area contributed by atoms with Crippen molar-refractivity contribution in [3.63, 3.8) is 0 Å². The van der Waals surface area contributed by atoms with Gasteiger partial charge in [0.15, 0.2) is 0 Å². The van der Waals surface area contributed by atoms with E-state index in [1.807, 2.05) is 7.05 Å². The van der Waals surface area contributed by atoms with Crippen molar-refractivity contribution in [1.29, 1.82) is 0 Å². The molecule has 0 saturated heterocycles. The second kappa shape index (κ2) is 8.87. The van der Waals surface area contributed by atoms with Crippen molar-refractivity contribution in [2.24, 2.45) is 0 Å². The summed E-state index contributed by atoms with van der Waals surface area (Å²) in [5, 5.41) is 19.5. The van der Waals surface area contributed by atoms with Gasteiger partial charge in [0.05, 0.1) is 4.92 Å². The number of benzene rings is 1. The molecule has 0 aliphatic carbocycles. The van der Waals surface area contributed by atoms with E-state index in [1.54, 1.807) is 18.2 Å². The fourth-order valence-electron chi connectivity index (χ4n) is 1.70. The van der Waals surface area contributed by atoms with Gasteiger partial charge in [-0.3, -0.25) is 14.9 Å². The molecule has 0 heterocycles. The number of para-hydroxylation sites is 2. The molecule has 0 spiro atoms. The third-order valence-corrected chi connectivity index (χ3v) is 2.69. The van der Waals surface area contributed by atoms with E-state index in [9.17, 15) is 14.9 Å². The number of nitrogens with one attached hydrogen (secondary N) is 3. The molecule has 1 aromatic carbocycles. The van der Waals surface area contributed by atoms with Gasteiger partial charge in [0.25, 0.3) is 5.69 Å². The van der Waals surface area contributed by atoms with Crippen LogP contribution in [0.2, 0.25) is 0 Å². The third-order valence-electron chi connectivity index (χ3n) is 2.69. The third kappa shape index (κ3) is 5.66. The van der Waals surface area contributed by atoms with E-state index in [4.69, 9.17) is 0 Å². The summed E-state index contributed by atoms with van der Waals surface area (Å²) >= 11 is 0. The molecule has 0 fully saturated rings. The molecule has 20 heavy (non-hydrogen) atoms. The summed E-state index contributed by atoms with van der Waals surface area (Å²) in [6.45, 7) is 1.69. The first-order chi connectivity index (χ1) is 9.65. The molecule has 3 N–H and O–H groups in total. The number of amides is 1. The Kier molecular flexibility index (Phi) is 7.05. The normalized spacial score (nSPS) is 10.1. The molecular formula is C13H20N4O3. The minimum atomic E-state index is -0.432. The predicted octanol–water partition coefficient (Wildman–Crippen LogP) is 1.12. The van der Waals surface area contributed by atoms with Crippen molar-refractivity contribution < 1.29 is 9.72 Å². The molecule has 0 atom stereocenters. The van der Waals surface area contributed by atoms with Gasteiger partial charge in [-0.2, -0.15) is 0 Å². The smallest absolute Gasteiger partial charge is 0.292 e. The Balaban J connectivity index is 2.28. The van der Waals surface area contributed by atoms with E-state index < -0.39 is 4.92 Å². The van der Waals surface area contributed by atoms with Crippen molar-refractivity contribution in [2.45, 2.75) is 12.8 Å². The lowest BCUT2D eigenvalue weighted by Crippen LogP contribution is -2.29. The van der Waals surface area contributed by atoms with E-state index in [1.165, 1.54) is 6.07 Å². The van der Waals surface area contributed by atoms with Crippen LogP contribution >= 0.6 is 0 Å². The lowest BCUT2D eigenvalue weighted by molar-refractivity contribution is -0.384. The van der Waals surface area contributed by atoms with E-state index in [2.05, 4.69) is 16.0 Å². The van der Waals surface area contributed by atoms with Gasteiger partial charge in [-0.25, -0.2) is 0 Å². The standard InChI is InChI=1S/C13H20N4O3/c1-14-8-4-7-13(18)16-10-9-15-11-5-2-3-6-12(11)17(19)20/h2-3,5-6,14-15H,4,7-10H2,1H3,(H,16,18). The molecule has 0 aliphatic heterocycles. The number of nitrogens with zero attached hydrogens (tertiary/aromatic N) is 1. The zero-order valence-electron chi connectivity index (χ0n) is 11.5. The van der Waals surface area contributed by atoms with Gasteiger partial charge in [0, 0.05) is 25.6 Å². The lowest BCUT2D eigenvalue weighted by Gasteiger charge is -2.08. The number of hydrogen-bond donors (Lipinski definition) is 3. The van der Waals surface area contributed by atoms with Crippen LogP contribution in [0.3, 0.4) is 0 Å². The molecule has 0 bridgehead atoms. The number of carbonyl (C=O) groups excluding carboxylic acids is 1. The zero-order valence-corrected chi connectivity index (χ0v) is 11.5. The van der Waals surface area contributed by atoms with Crippen LogP contribution < -0.4 is 16.0 Å². The quantitative estimate of drug-likeness (QED) is 0.358. The second-order valence-corrected chi connectivity index (χ2v) is 4.26. The summed E-state index contributed by atoms with van der Waals surface area (Å²) in [5.74, 6) is -0.00962. The second-order valence-electron chi connectivity index (χ2n) is 4.26. The van der Waals surface area contributed by atoms with Crippen LogP contribution in [0.25, 0.3) is 0 Å². The highest BCUT2D eigenvalue weighted by Crippen LogP contribution is 2.22. The summed E-state index contributed by atoms with van der Waals surface area (Å²) in [6, 6.07) is 6.43.